The van der Waals surface area contributed by atoms with Gasteiger partial charge < -0.3 is 9.47 Å². The normalized spacial score (nSPS) is 14.5. The predicted octanol–water partition coefficient (Wildman–Crippen LogP) is 7.26. The van der Waals surface area contributed by atoms with E-state index in [1.165, 1.54) is 12.1 Å². The molecular weight excluding hydrogens is 544 g/mol. The van der Waals surface area contributed by atoms with Crippen molar-refractivity contribution in [1.29, 1.82) is 0 Å². The van der Waals surface area contributed by atoms with Gasteiger partial charge in [-0.15, -0.1) is 0 Å². The molecule has 0 aliphatic heterocycles. The quantitative estimate of drug-likeness (QED) is 0.195. The molecule has 3 rings (SSSR count). The van der Waals surface area contributed by atoms with Crippen LogP contribution in [0.15, 0.2) is 79.6 Å². The van der Waals surface area contributed by atoms with Crippen molar-refractivity contribution in [3.63, 3.8) is 0 Å². The third-order valence-electron chi connectivity index (χ3n) is 5.64. The van der Waals surface area contributed by atoms with Crippen LogP contribution in [0.1, 0.15) is 37.5 Å². The molecular formula is C28H27F6NO3S. The molecule has 3 aromatic rings. The molecule has 0 aromatic heterocycles. The molecule has 0 saturated carbocycles. The Morgan fingerprint density at radius 2 is 1.64 bits per heavy atom. The molecule has 1 unspecified atom stereocenters. The number of ether oxygens (including phenoxy) is 2. The van der Waals surface area contributed by atoms with Gasteiger partial charge >= 0.3 is 12.5 Å². The fraction of sp³-hybridized carbons (Fsp3) is 0.286. The van der Waals surface area contributed by atoms with E-state index >= 15 is 0 Å². The van der Waals surface area contributed by atoms with E-state index in [0.29, 0.717) is 11.6 Å². The summed E-state index contributed by atoms with van der Waals surface area (Å²) in [5.74, 6) is -3.00. The van der Waals surface area contributed by atoms with Crippen LogP contribution >= 0.6 is 0 Å². The fourth-order valence-corrected chi connectivity index (χ4v) is 4.69. The third-order valence-corrected chi connectivity index (χ3v) is 7.29. The summed E-state index contributed by atoms with van der Waals surface area (Å²) < 4.78 is 108. The molecule has 3 aromatic carbocycles. The van der Waals surface area contributed by atoms with E-state index in [4.69, 9.17) is 4.74 Å². The summed E-state index contributed by atoms with van der Waals surface area (Å²) in [7, 11) is -1.87. The number of rotatable bonds is 11. The van der Waals surface area contributed by atoms with Crippen LogP contribution in [-0.4, -0.2) is 21.5 Å². The maximum atomic E-state index is 14.9. The van der Waals surface area contributed by atoms with E-state index in [0.717, 1.165) is 24.5 Å². The highest BCUT2D eigenvalue weighted by atomic mass is 32.2. The van der Waals surface area contributed by atoms with E-state index in [9.17, 15) is 30.6 Å². The van der Waals surface area contributed by atoms with Gasteiger partial charge in [-0.05, 0) is 68.1 Å². The van der Waals surface area contributed by atoms with Crippen molar-refractivity contribution >= 4 is 11.0 Å². The zero-order valence-corrected chi connectivity index (χ0v) is 22.1. The van der Waals surface area contributed by atoms with Crippen LogP contribution in [0.25, 0.3) is 0 Å². The van der Waals surface area contributed by atoms with Crippen LogP contribution in [0.2, 0.25) is 0 Å². The maximum absolute atomic E-state index is 14.9. The Kier molecular flexibility index (Phi) is 9.17. The molecule has 210 valence electrons. The summed E-state index contributed by atoms with van der Waals surface area (Å²) >= 11 is 0. The molecule has 0 aliphatic carbocycles. The molecule has 0 aliphatic rings. The first-order chi connectivity index (χ1) is 18.2. The highest BCUT2D eigenvalue weighted by Gasteiger charge is 2.45. The Labute approximate surface area is 225 Å². The van der Waals surface area contributed by atoms with Gasteiger partial charge in [-0.3, -0.25) is 0 Å². The second kappa shape index (κ2) is 11.8. The molecule has 39 heavy (non-hydrogen) atoms. The highest BCUT2D eigenvalue weighted by molar-refractivity contribution is 7.84. The lowest BCUT2D eigenvalue weighted by Gasteiger charge is -2.38. The average molecular weight is 572 g/mol. The molecule has 0 heterocycles. The van der Waals surface area contributed by atoms with Crippen molar-refractivity contribution in [2.75, 3.05) is 0 Å². The SMILES string of the molecule is C=COc1cc([C@@](Cc2ccccc2)(NS(=O)C(C)(C)C)c2cc(F)cc(OC(F)(F)C(F)F)c2)ccc1F. The number of hydrogen-bond donors (Lipinski definition) is 1. The molecule has 0 radical (unpaired) electrons. The van der Waals surface area contributed by atoms with Gasteiger partial charge in [0.2, 0.25) is 0 Å². The topological polar surface area (TPSA) is 47.6 Å². The fourth-order valence-electron chi connectivity index (χ4n) is 3.76. The van der Waals surface area contributed by atoms with E-state index < -0.39 is 51.2 Å². The van der Waals surface area contributed by atoms with Crippen LogP contribution < -0.4 is 14.2 Å². The van der Waals surface area contributed by atoms with Crippen LogP contribution in [-0.2, 0) is 22.9 Å². The van der Waals surface area contributed by atoms with Crippen LogP contribution in [0.4, 0.5) is 26.3 Å². The van der Waals surface area contributed by atoms with Gasteiger partial charge in [-0.1, -0.05) is 43.0 Å². The van der Waals surface area contributed by atoms with Gasteiger partial charge in [-0.2, -0.15) is 17.6 Å². The van der Waals surface area contributed by atoms with Crippen molar-refractivity contribution in [1.82, 2.24) is 4.72 Å². The summed E-state index contributed by atoms with van der Waals surface area (Å²) in [5.41, 5.74) is -0.942. The number of nitrogens with one attached hydrogen (secondary N) is 1. The highest BCUT2D eigenvalue weighted by Crippen LogP contribution is 2.40. The van der Waals surface area contributed by atoms with Crippen molar-refractivity contribution in [3.8, 4) is 11.5 Å². The Hall–Kier alpha value is -3.31. The number of hydrogen-bond acceptors (Lipinski definition) is 3. The molecule has 2 atom stereocenters. The Bertz CT molecular complexity index is 1330. The van der Waals surface area contributed by atoms with E-state index in [2.05, 4.69) is 16.0 Å². The molecule has 0 saturated heterocycles. The molecule has 0 fully saturated rings. The van der Waals surface area contributed by atoms with Crippen molar-refractivity contribution in [3.05, 3.63) is 108 Å². The lowest BCUT2D eigenvalue weighted by atomic mass is 9.78. The summed E-state index contributed by atoms with van der Waals surface area (Å²) in [6.45, 7) is 8.43. The zero-order valence-electron chi connectivity index (χ0n) is 21.3. The van der Waals surface area contributed by atoms with Gasteiger partial charge in [0.25, 0.3) is 0 Å². The van der Waals surface area contributed by atoms with Gasteiger partial charge in [0.1, 0.15) is 11.6 Å². The Morgan fingerprint density at radius 3 is 2.23 bits per heavy atom. The largest absolute Gasteiger partial charge is 0.463 e. The second-order valence-electron chi connectivity index (χ2n) is 9.62. The smallest absolute Gasteiger partial charge is 0.461 e. The van der Waals surface area contributed by atoms with Gasteiger partial charge in [0.05, 0.1) is 27.5 Å². The van der Waals surface area contributed by atoms with E-state index in [1.54, 1.807) is 51.1 Å². The predicted molar refractivity (Wildman–Crippen MR) is 137 cm³/mol. The molecule has 0 spiro atoms. The maximum Gasteiger partial charge on any atom is 0.461 e. The molecule has 0 amide bonds. The minimum atomic E-state index is -4.91. The summed E-state index contributed by atoms with van der Waals surface area (Å²) in [4.78, 5) is 0. The average Bonchev–Trinajstić information content (AvgIpc) is 2.84. The lowest BCUT2D eigenvalue weighted by Crippen LogP contribution is -2.50. The first-order valence-electron chi connectivity index (χ1n) is 11.7. The van der Waals surface area contributed by atoms with Crippen molar-refractivity contribution in [2.45, 2.75) is 50.0 Å². The summed E-state index contributed by atoms with van der Waals surface area (Å²) in [6.07, 6.45) is -8.15. The summed E-state index contributed by atoms with van der Waals surface area (Å²) in [6, 6.07) is 14.8. The van der Waals surface area contributed by atoms with Gasteiger partial charge in [0, 0.05) is 6.07 Å². The number of benzene rings is 3. The van der Waals surface area contributed by atoms with Crippen LogP contribution in [0.5, 0.6) is 11.5 Å². The molecule has 4 nitrogen and oxygen atoms in total. The van der Waals surface area contributed by atoms with Crippen LogP contribution in [0, 0.1) is 11.6 Å². The number of alkyl halides is 4. The first kappa shape index (κ1) is 30.2. The van der Waals surface area contributed by atoms with Gasteiger partial charge in [0.15, 0.2) is 11.6 Å². The van der Waals surface area contributed by atoms with E-state index in [1.807, 2.05) is 0 Å². The second-order valence-corrected chi connectivity index (χ2v) is 11.6. The summed E-state index contributed by atoms with van der Waals surface area (Å²) in [5, 5.41) is 0. The Morgan fingerprint density at radius 1 is 0.974 bits per heavy atom. The number of halogens is 6. The minimum Gasteiger partial charge on any atom is -0.463 e. The van der Waals surface area contributed by atoms with Crippen molar-refractivity contribution < 1.29 is 40.0 Å². The molecule has 11 heteroatoms. The van der Waals surface area contributed by atoms with Crippen LogP contribution in [0.3, 0.4) is 0 Å². The first-order valence-corrected chi connectivity index (χ1v) is 12.8. The third kappa shape index (κ3) is 7.21. The van der Waals surface area contributed by atoms with Crippen molar-refractivity contribution in [2.24, 2.45) is 0 Å². The monoisotopic (exact) mass is 571 g/mol. The molecule has 0 bridgehead atoms. The Balaban J connectivity index is 2.36. The molecule has 1 N–H and O–H groups in total. The minimum absolute atomic E-state index is 0.0526. The van der Waals surface area contributed by atoms with Gasteiger partial charge in [-0.25, -0.2) is 17.7 Å². The standard InChI is InChI=1S/C28H27F6NO3S/c1-5-37-24-15-19(11-12-23(24)30)27(35-39(36)26(2,3)4,17-18-9-7-6-8-10-18)20-13-21(29)16-22(14-20)38-28(33,34)25(31)32/h5-16,25,35H,1,17H2,2-4H3/t27-,39?/m1/s1. The zero-order chi connectivity index (χ0) is 29.0. The lowest BCUT2D eigenvalue weighted by molar-refractivity contribution is -0.253. The van der Waals surface area contributed by atoms with E-state index in [-0.39, 0.29) is 23.3 Å².